The first-order valence-corrected chi connectivity index (χ1v) is 17.0. The Kier molecular flexibility index (Phi) is 17.1. The predicted molar refractivity (Wildman–Crippen MR) is 180 cm³/mol. The second-order valence-electron chi connectivity index (χ2n) is 11.8. The number of rotatable bonds is 23. The minimum absolute atomic E-state index is 0.258. The molecule has 0 aliphatic carbocycles. The molecule has 0 heterocycles. The Morgan fingerprint density at radius 1 is 0.659 bits per heavy atom. The quantitative estimate of drug-likeness (QED) is 0.0864. The zero-order valence-electron chi connectivity index (χ0n) is 27.1. The van der Waals surface area contributed by atoms with Crippen molar-refractivity contribution in [2.45, 2.75) is 104 Å². The van der Waals surface area contributed by atoms with Crippen molar-refractivity contribution in [2.75, 3.05) is 19.8 Å². The maximum Gasteiger partial charge on any atom is 0.338 e. The molecule has 0 aliphatic heterocycles. The third kappa shape index (κ3) is 13.5. The molecule has 3 aromatic rings. The van der Waals surface area contributed by atoms with Crippen molar-refractivity contribution in [2.24, 2.45) is 5.92 Å². The predicted octanol–water partition coefficient (Wildman–Crippen LogP) is 10.2. The van der Waals surface area contributed by atoms with Gasteiger partial charge in [0, 0.05) is 6.61 Å². The summed E-state index contributed by atoms with van der Waals surface area (Å²) in [6.45, 7) is 6.34. The highest BCUT2D eigenvalue weighted by Crippen LogP contribution is 2.25. The van der Waals surface area contributed by atoms with E-state index in [2.05, 4.69) is 38.1 Å². The topological polar surface area (TPSA) is 65.0 Å². The number of esters is 1. The van der Waals surface area contributed by atoms with E-state index in [4.69, 9.17) is 19.3 Å². The number of hydrogen-bond acceptors (Lipinski definition) is 5. The first-order valence-electron chi connectivity index (χ1n) is 17.0. The van der Waals surface area contributed by atoms with Gasteiger partial charge in [0.1, 0.15) is 18.1 Å². The van der Waals surface area contributed by atoms with Crippen LogP contribution in [0.3, 0.4) is 0 Å². The standard InChI is InChI=1S/C39H54O5/c1-3-5-15-32(4-2)30-44-39(41)36-18-16-33(17-19-36)31-43-38-26-22-35(23-27-38)34-20-24-37(25-21-34)42-29-14-12-10-8-6-7-9-11-13-28-40/h16-27,32,40H,3-15,28-31H2,1-2H3. The SMILES string of the molecule is CCCCC(CC)COC(=O)c1ccc(COc2ccc(-c3ccc(OCCCCCCCCCCCO)cc3)cc2)cc1. The van der Waals surface area contributed by atoms with E-state index in [0.29, 0.717) is 31.3 Å². The highest BCUT2D eigenvalue weighted by atomic mass is 16.5. The molecule has 240 valence electrons. The summed E-state index contributed by atoms with van der Waals surface area (Å²) in [5, 5.41) is 8.82. The number of unbranched alkanes of at least 4 members (excludes halogenated alkanes) is 9. The van der Waals surface area contributed by atoms with E-state index in [1.807, 2.05) is 48.5 Å². The van der Waals surface area contributed by atoms with Crippen LogP contribution in [0.4, 0.5) is 0 Å². The zero-order chi connectivity index (χ0) is 31.2. The minimum Gasteiger partial charge on any atom is -0.494 e. The zero-order valence-corrected chi connectivity index (χ0v) is 27.1. The minimum atomic E-state index is -0.258. The van der Waals surface area contributed by atoms with E-state index >= 15 is 0 Å². The summed E-state index contributed by atoms with van der Waals surface area (Å²) in [4.78, 5) is 12.5. The van der Waals surface area contributed by atoms with Crippen LogP contribution >= 0.6 is 0 Å². The van der Waals surface area contributed by atoms with Crippen LogP contribution in [-0.4, -0.2) is 30.9 Å². The fourth-order valence-corrected chi connectivity index (χ4v) is 5.21. The Balaban J connectivity index is 1.33. The maximum absolute atomic E-state index is 12.5. The van der Waals surface area contributed by atoms with Gasteiger partial charge in [0.15, 0.2) is 0 Å². The Labute approximate surface area is 266 Å². The van der Waals surface area contributed by atoms with Gasteiger partial charge in [-0.1, -0.05) is 114 Å². The van der Waals surface area contributed by atoms with E-state index in [0.717, 1.165) is 73.3 Å². The highest BCUT2D eigenvalue weighted by Gasteiger charge is 2.12. The summed E-state index contributed by atoms with van der Waals surface area (Å²) in [5.74, 6) is 1.89. The summed E-state index contributed by atoms with van der Waals surface area (Å²) in [7, 11) is 0. The normalized spacial score (nSPS) is 11.7. The summed E-state index contributed by atoms with van der Waals surface area (Å²) < 4.78 is 17.5. The van der Waals surface area contributed by atoms with Crippen molar-refractivity contribution in [1.29, 1.82) is 0 Å². The maximum atomic E-state index is 12.5. The van der Waals surface area contributed by atoms with E-state index in [1.54, 1.807) is 0 Å². The molecule has 0 radical (unpaired) electrons. The lowest BCUT2D eigenvalue weighted by atomic mass is 10.0. The highest BCUT2D eigenvalue weighted by molar-refractivity contribution is 5.89. The van der Waals surface area contributed by atoms with Gasteiger partial charge in [0.2, 0.25) is 0 Å². The van der Waals surface area contributed by atoms with Gasteiger partial charge in [0.25, 0.3) is 0 Å². The van der Waals surface area contributed by atoms with Gasteiger partial charge in [-0.05, 0) is 78.3 Å². The van der Waals surface area contributed by atoms with E-state index in [9.17, 15) is 4.79 Å². The number of benzene rings is 3. The second kappa shape index (κ2) is 21.4. The third-order valence-electron chi connectivity index (χ3n) is 8.20. The van der Waals surface area contributed by atoms with Gasteiger partial charge in [-0.15, -0.1) is 0 Å². The molecule has 5 heteroatoms. The van der Waals surface area contributed by atoms with Gasteiger partial charge >= 0.3 is 5.97 Å². The lowest BCUT2D eigenvalue weighted by Gasteiger charge is -2.14. The summed E-state index contributed by atoms with van der Waals surface area (Å²) in [6.07, 6.45) is 15.2. The van der Waals surface area contributed by atoms with Crippen LogP contribution in [-0.2, 0) is 11.3 Å². The average Bonchev–Trinajstić information content (AvgIpc) is 3.07. The van der Waals surface area contributed by atoms with Crippen molar-refractivity contribution < 1.29 is 24.1 Å². The van der Waals surface area contributed by atoms with Crippen LogP contribution in [0.25, 0.3) is 11.1 Å². The van der Waals surface area contributed by atoms with Gasteiger partial charge in [0.05, 0.1) is 18.8 Å². The molecule has 1 unspecified atom stereocenters. The monoisotopic (exact) mass is 602 g/mol. The van der Waals surface area contributed by atoms with Crippen molar-refractivity contribution in [3.05, 3.63) is 83.9 Å². The number of hydrogen-bond donors (Lipinski definition) is 1. The molecule has 3 aromatic carbocycles. The molecule has 3 rings (SSSR count). The molecular weight excluding hydrogens is 548 g/mol. The van der Waals surface area contributed by atoms with Crippen LogP contribution in [0.5, 0.6) is 11.5 Å². The fourth-order valence-electron chi connectivity index (χ4n) is 5.21. The summed E-state index contributed by atoms with van der Waals surface area (Å²) in [5.41, 5.74) is 3.85. The van der Waals surface area contributed by atoms with Crippen molar-refractivity contribution >= 4 is 5.97 Å². The number of aliphatic hydroxyl groups is 1. The van der Waals surface area contributed by atoms with E-state index < -0.39 is 0 Å². The Bertz CT molecular complexity index is 1150. The average molecular weight is 603 g/mol. The van der Waals surface area contributed by atoms with Crippen LogP contribution in [0.1, 0.15) is 113 Å². The van der Waals surface area contributed by atoms with Gasteiger partial charge in [-0.25, -0.2) is 4.79 Å². The molecule has 5 nitrogen and oxygen atoms in total. The first kappa shape index (κ1) is 35.2. The molecule has 0 aliphatic rings. The number of carbonyl (C=O) groups is 1. The molecule has 0 spiro atoms. The number of aliphatic hydroxyl groups excluding tert-OH is 1. The van der Waals surface area contributed by atoms with Crippen molar-refractivity contribution in [1.82, 2.24) is 0 Å². The third-order valence-corrected chi connectivity index (χ3v) is 8.20. The molecule has 44 heavy (non-hydrogen) atoms. The Morgan fingerprint density at radius 3 is 1.75 bits per heavy atom. The second-order valence-corrected chi connectivity index (χ2v) is 11.8. The fraction of sp³-hybridized carbons (Fsp3) is 0.513. The van der Waals surface area contributed by atoms with Crippen molar-refractivity contribution in [3.8, 4) is 22.6 Å². The molecule has 0 amide bonds. The van der Waals surface area contributed by atoms with E-state index in [1.165, 1.54) is 44.9 Å². The van der Waals surface area contributed by atoms with Crippen LogP contribution in [0.2, 0.25) is 0 Å². The van der Waals surface area contributed by atoms with Crippen LogP contribution in [0.15, 0.2) is 72.8 Å². The molecule has 1 N–H and O–H groups in total. The molecule has 0 bridgehead atoms. The lowest BCUT2D eigenvalue weighted by molar-refractivity contribution is 0.0428. The Morgan fingerprint density at radius 2 is 1.20 bits per heavy atom. The Hall–Kier alpha value is -3.31. The molecule has 0 saturated heterocycles. The molecular formula is C39H54O5. The number of ether oxygens (including phenoxy) is 3. The number of carbonyl (C=O) groups excluding carboxylic acids is 1. The van der Waals surface area contributed by atoms with Crippen LogP contribution < -0.4 is 9.47 Å². The van der Waals surface area contributed by atoms with Crippen LogP contribution in [0, 0.1) is 5.92 Å². The van der Waals surface area contributed by atoms with Gasteiger partial charge in [-0.3, -0.25) is 0 Å². The largest absolute Gasteiger partial charge is 0.494 e. The molecule has 1 atom stereocenters. The lowest BCUT2D eigenvalue weighted by Crippen LogP contribution is -2.14. The molecule has 0 saturated carbocycles. The van der Waals surface area contributed by atoms with E-state index in [-0.39, 0.29) is 5.97 Å². The smallest absolute Gasteiger partial charge is 0.338 e. The first-order chi connectivity index (χ1) is 21.6. The molecule has 0 aromatic heterocycles. The van der Waals surface area contributed by atoms with Crippen molar-refractivity contribution in [3.63, 3.8) is 0 Å². The summed E-state index contributed by atoms with van der Waals surface area (Å²) in [6, 6.07) is 23.9. The molecule has 0 fully saturated rings. The van der Waals surface area contributed by atoms with Gasteiger partial charge < -0.3 is 19.3 Å². The van der Waals surface area contributed by atoms with Gasteiger partial charge in [-0.2, -0.15) is 0 Å². The summed E-state index contributed by atoms with van der Waals surface area (Å²) >= 11 is 0.